The van der Waals surface area contributed by atoms with Crippen LogP contribution in [0.3, 0.4) is 0 Å². The zero-order valence-corrected chi connectivity index (χ0v) is 24.1. The van der Waals surface area contributed by atoms with Crippen molar-refractivity contribution in [3.8, 4) is 34.5 Å². The van der Waals surface area contributed by atoms with Crippen LogP contribution in [0, 0.1) is 19.8 Å². The molecule has 9 heteroatoms. The monoisotopic (exact) mass is 562 g/mol. The van der Waals surface area contributed by atoms with Crippen LogP contribution < -0.4 is 5.73 Å². The van der Waals surface area contributed by atoms with E-state index >= 15 is 0 Å². The Labute approximate surface area is 236 Å². The minimum absolute atomic E-state index is 0.0643. The molecule has 2 aromatic heterocycles. The average Bonchev–Trinajstić information content (AvgIpc) is 3.40. The van der Waals surface area contributed by atoms with Gasteiger partial charge in [-0.2, -0.15) is 5.10 Å². The molecule has 0 aliphatic carbocycles. The molecule has 0 bridgehead atoms. The molecular formula is C30H31ClN4O3S. The number of terminal acetylenes is 1. The van der Waals surface area contributed by atoms with Gasteiger partial charge in [0, 0.05) is 28.6 Å². The highest BCUT2D eigenvalue weighted by molar-refractivity contribution is 7.22. The topological polar surface area (TPSA) is 114 Å². The largest absolute Gasteiger partial charge is 0.481 e. The van der Waals surface area contributed by atoms with Crippen molar-refractivity contribution in [2.24, 2.45) is 7.05 Å². The quantitative estimate of drug-likeness (QED) is 0.210. The summed E-state index contributed by atoms with van der Waals surface area (Å²) >= 11 is 7.64. The first kappa shape index (κ1) is 29.7. The number of halogens is 1. The Balaban J connectivity index is 0.000000542. The molecule has 5 rings (SSSR count). The first-order chi connectivity index (χ1) is 18.3. The number of aryl methyl sites for hydroxylation is 2. The van der Waals surface area contributed by atoms with E-state index in [1.807, 2.05) is 62.5 Å². The second-order valence-corrected chi connectivity index (χ2v) is 11.3. The summed E-state index contributed by atoms with van der Waals surface area (Å²) < 4.78 is 2.70. The third kappa shape index (κ3) is 6.95. The maximum atomic E-state index is 11.6. The lowest BCUT2D eigenvalue weighted by Crippen LogP contribution is -2.10. The predicted molar refractivity (Wildman–Crippen MR) is 162 cm³/mol. The van der Waals surface area contributed by atoms with Crippen molar-refractivity contribution in [3.63, 3.8) is 0 Å². The number of hydrogen-bond acceptors (Lipinski definition) is 6. The number of aromatic nitrogens is 3. The van der Waals surface area contributed by atoms with Gasteiger partial charge in [-0.1, -0.05) is 23.7 Å². The van der Waals surface area contributed by atoms with Crippen LogP contribution in [0.1, 0.15) is 31.9 Å². The van der Waals surface area contributed by atoms with Crippen molar-refractivity contribution in [1.29, 1.82) is 0 Å². The smallest absolute Gasteiger partial charge is 0.307 e. The summed E-state index contributed by atoms with van der Waals surface area (Å²) in [4.78, 5) is 16.5. The zero-order valence-electron chi connectivity index (χ0n) is 22.5. The van der Waals surface area contributed by atoms with Gasteiger partial charge in [0.15, 0.2) is 5.82 Å². The highest BCUT2D eigenvalue weighted by atomic mass is 35.5. The second kappa shape index (κ2) is 11.9. The van der Waals surface area contributed by atoms with Gasteiger partial charge in [0.1, 0.15) is 5.01 Å². The Hall–Kier alpha value is -3.90. The molecule has 0 aliphatic rings. The number of nitrogens with two attached hydrogens (primary N) is 1. The van der Waals surface area contributed by atoms with E-state index in [1.165, 1.54) is 0 Å². The van der Waals surface area contributed by atoms with Gasteiger partial charge in [0.2, 0.25) is 0 Å². The van der Waals surface area contributed by atoms with Gasteiger partial charge in [-0.15, -0.1) is 24.2 Å². The number of benzene rings is 3. The molecule has 0 spiro atoms. The number of hydrogen-bond donors (Lipinski definition) is 3. The van der Waals surface area contributed by atoms with Crippen LogP contribution in [0.2, 0.25) is 5.02 Å². The third-order valence-electron chi connectivity index (χ3n) is 5.60. The third-order valence-corrected chi connectivity index (χ3v) is 6.99. The lowest BCUT2D eigenvalue weighted by Gasteiger charge is -2.13. The molecule has 0 radical (unpaired) electrons. The highest BCUT2D eigenvalue weighted by Gasteiger charge is 2.20. The number of nitrogen functional groups attached to an aromatic ring is 1. The maximum Gasteiger partial charge on any atom is 0.307 e. The van der Waals surface area contributed by atoms with Gasteiger partial charge in [-0.05, 0) is 80.8 Å². The molecule has 7 nitrogen and oxygen atoms in total. The normalized spacial score (nSPS) is 11.0. The Morgan fingerprint density at radius 1 is 1.10 bits per heavy atom. The van der Waals surface area contributed by atoms with E-state index in [2.05, 4.69) is 17.9 Å². The van der Waals surface area contributed by atoms with Gasteiger partial charge in [-0.25, -0.2) is 4.98 Å². The van der Waals surface area contributed by atoms with Crippen LogP contribution in [-0.4, -0.2) is 36.5 Å². The number of carbonyl (C=O) groups is 1. The lowest BCUT2D eigenvalue weighted by molar-refractivity contribution is -0.136. The molecule has 0 aliphatic heterocycles. The maximum absolute atomic E-state index is 11.6. The van der Waals surface area contributed by atoms with Crippen molar-refractivity contribution in [1.82, 2.24) is 14.8 Å². The van der Waals surface area contributed by atoms with Crippen LogP contribution in [0.5, 0.6) is 0 Å². The van der Waals surface area contributed by atoms with Gasteiger partial charge in [0.25, 0.3) is 0 Å². The molecule has 0 amide bonds. The van der Waals surface area contributed by atoms with Crippen LogP contribution in [0.25, 0.3) is 42.8 Å². The van der Waals surface area contributed by atoms with Crippen molar-refractivity contribution in [3.05, 3.63) is 64.7 Å². The van der Waals surface area contributed by atoms with Gasteiger partial charge in [0.05, 0.1) is 27.8 Å². The fraction of sp³-hybridized carbons (Fsp3) is 0.233. The summed E-state index contributed by atoms with van der Waals surface area (Å²) in [6.45, 7) is 7.16. The Kier molecular flexibility index (Phi) is 9.03. The summed E-state index contributed by atoms with van der Waals surface area (Å²) in [6, 6.07) is 15.4. The molecule has 2 heterocycles. The number of nitrogens with zero attached hydrogens (tertiary/aromatic N) is 3. The molecular weight excluding hydrogens is 532 g/mol. The van der Waals surface area contributed by atoms with E-state index in [4.69, 9.17) is 27.4 Å². The number of anilines is 1. The van der Waals surface area contributed by atoms with Crippen LogP contribution >= 0.6 is 22.9 Å². The SMILES string of the molecule is C#C.CC(C)(C)O.Cc1cc2nc(-c3ccc4c(c3)c(N)nn4C)sc2c(-c2ccc(Cl)cc2)c1CC(=O)O. The summed E-state index contributed by atoms with van der Waals surface area (Å²) in [6.07, 6.45) is 7.94. The standard InChI is InChI=1S/C24H19ClN4O2S.C4H10O.C2H2/c1-12-9-18-22(21(16(12)11-20(30)31)13-3-6-15(25)7-4-13)32-24(27-18)14-5-8-19-17(10-14)23(26)28-29(19)2;1-4(2,3)5;1-2/h3-10H,11H2,1-2H3,(H2,26,28)(H,30,31);5H,1-3H3;1-2H. The van der Waals surface area contributed by atoms with E-state index in [1.54, 1.807) is 36.8 Å². The number of thiazole rings is 1. The molecule has 0 fully saturated rings. The van der Waals surface area contributed by atoms with Crippen LogP contribution in [0.15, 0.2) is 48.5 Å². The number of aliphatic carboxylic acids is 1. The average molecular weight is 563 g/mol. The van der Waals surface area contributed by atoms with Gasteiger partial charge in [-0.3, -0.25) is 9.48 Å². The predicted octanol–water partition coefficient (Wildman–Crippen LogP) is 6.71. The second-order valence-electron chi connectivity index (χ2n) is 9.90. The first-order valence-electron chi connectivity index (χ1n) is 12.0. The summed E-state index contributed by atoms with van der Waals surface area (Å²) in [7, 11) is 1.86. The summed E-state index contributed by atoms with van der Waals surface area (Å²) in [5.74, 6) is -0.392. The Morgan fingerprint density at radius 3 is 2.28 bits per heavy atom. The molecule has 39 heavy (non-hydrogen) atoms. The number of carboxylic acids is 1. The zero-order chi connectivity index (χ0) is 29.1. The minimum Gasteiger partial charge on any atom is -0.481 e. The minimum atomic E-state index is -0.870. The molecule has 0 unspecified atom stereocenters. The fourth-order valence-corrected chi connectivity index (χ4v) is 5.35. The first-order valence-corrected chi connectivity index (χ1v) is 13.2. The molecule has 202 valence electrons. The Morgan fingerprint density at radius 2 is 1.69 bits per heavy atom. The van der Waals surface area contributed by atoms with Crippen molar-refractivity contribution < 1.29 is 15.0 Å². The van der Waals surface area contributed by atoms with Crippen LogP contribution in [-0.2, 0) is 18.3 Å². The summed E-state index contributed by atoms with van der Waals surface area (Å²) in [5.41, 5.74) is 11.8. The van der Waals surface area contributed by atoms with Gasteiger partial charge < -0.3 is 15.9 Å². The molecule has 5 aromatic rings. The molecule has 3 aromatic carbocycles. The number of rotatable bonds is 4. The van der Waals surface area contributed by atoms with E-state index < -0.39 is 11.6 Å². The van der Waals surface area contributed by atoms with Crippen molar-refractivity contribution in [2.45, 2.75) is 39.7 Å². The number of fused-ring (bicyclic) bond motifs is 2. The fourth-order valence-electron chi connectivity index (χ4n) is 4.09. The van der Waals surface area contributed by atoms with Gasteiger partial charge >= 0.3 is 5.97 Å². The van der Waals surface area contributed by atoms with E-state index in [9.17, 15) is 9.90 Å². The van der Waals surface area contributed by atoms with Crippen LogP contribution in [0.4, 0.5) is 5.82 Å². The Bertz CT molecular complexity index is 1660. The van der Waals surface area contributed by atoms with E-state index in [-0.39, 0.29) is 6.42 Å². The molecule has 0 saturated carbocycles. The van der Waals surface area contributed by atoms with E-state index in [0.717, 1.165) is 53.9 Å². The number of carboxylic acid groups (broad SMARTS) is 1. The number of aliphatic hydroxyl groups is 1. The molecule has 0 saturated heterocycles. The summed E-state index contributed by atoms with van der Waals surface area (Å²) in [5, 5.41) is 24.7. The molecule has 4 N–H and O–H groups in total. The lowest BCUT2D eigenvalue weighted by atomic mass is 9.93. The van der Waals surface area contributed by atoms with Crippen molar-refractivity contribution >= 4 is 55.8 Å². The molecule has 0 atom stereocenters. The highest BCUT2D eigenvalue weighted by Crippen LogP contribution is 2.41. The van der Waals surface area contributed by atoms with E-state index in [0.29, 0.717) is 10.8 Å². The van der Waals surface area contributed by atoms with Crippen molar-refractivity contribution in [2.75, 3.05) is 5.73 Å².